The smallest absolute Gasteiger partial charge is 0.0249 e. The van der Waals surface area contributed by atoms with Gasteiger partial charge in [-0.3, -0.25) is 4.90 Å². The molecule has 1 N–H and O–H groups in total. The molecule has 0 spiro atoms. The van der Waals surface area contributed by atoms with Crippen LogP contribution < -0.4 is 5.32 Å². The van der Waals surface area contributed by atoms with Crippen molar-refractivity contribution in [2.75, 3.05) is 33.7 Å². The van der Waals surface area contributed by atoms with Gasteiger partial charge in [0.05, 0.1) is 0 Å². The fourth-order valence-corrected chi connectivity index (χ4v) is 3.77. The van der Waals surface area contributed by atoms with Crippen molar-refractivity contribution in [1.82, 2.24) is 15.1 Å². The zero-order valence-corrected chi connectivity index (χ0v) is 12.7. The van der Waals surface area contributed by atoms with Crippen LogP contribution in [0.2, 0.25) is 0 Å². The molecule has 2 aliphatic rings. The standard InChI is InChI=1S/C15H31N3/c1-12(2)15(17(3)4)11-16-13-8-10-18-9-6-5-7-14(13)18/h12-16H,5-11H2,1-4H3. The highest BCUT2D eigenvalue weighted by Gasteiger charge is 2.35. The first kappa shape index (κ1) is 14.3. The summed E-state index contributed by atoms with van der Waals surface area (Å²) in [7, 11) is 4.40. The van der Waals surface area contributed by atoms with Gasteiger partial charge in [-0.05, 0) is 45.8 Å². The lowest BCUT2D eigenvalue weighted by atomic mass is 9.97. The van der Waals surface area contributed by atoms with Gasteiger partial charge in [0, 0.05) is 31.2 Å². The molecule has 0 aliphatic carbocycles. The second-order valence-corrected chi connectivity index (χ2v) is 6.68. The molecule has 0 aromatic carbocycles. The maximum absolute atomic E-state index is 3.86. The van der Waals surface area contributed by atoms with Crippen LogP contribution in [-0.2, 0) is 0 Å². The average molecular weight is 253 g/mol. The largest absolute Gasteiger partial charge is 0.311 e. The third-order valence-electron chi connectivity index (χ3n) is 4.88. The van der Waals surface area contributed by atoms with Crippen LogP contribution >= 0.6 is 0 Å². The zero-order chi connectivity index (χ0) is 13.1. The van der Waals surface area contributed by atoms with Crippen molar-refractivity contribution in [2.24, 2.45) is 5.92 Å². The van der Waals surface area contributed by atoms with Crippen molar-refractivity contribution >= 4 is 0 Å². The van der Waals surface area contributed by atoms with E-state index in [1.54, 1.807) is 0 Å². The van der Waals surface area contributed by atoms with Crippen LogP contribution in [0.3, 0.4) is 0 Å². The van der Waals surface area contributed by atoms with Crippen molar-refractivity contribution in [1.29, 1.82) is 0 Å². The van der Waals surface area contributed by atoms with Crippen LogP contribution in [0.25, 0.3) is 0 Å². The van der Waals surface area contributed by atoms with Crippen LogP contribution in [0.1, 0.15) is 39.5 Å². The summed E-state index contributed by atoms with van der Waals surface area (Å²) in [6, 6.07) is 2.22. The van der Waals surface area contributed by atoms with Gasteiger partial charge in [-0.2, -0.15) is 0 Å². The molecule has 3 heteroatoms. The minimum Gasteiger partial charge on any atom is -0.311 e. The Morgan fingerprint density at radius 2 is 1.94 bits per heavy atom. The molecule has 3 unspecified atom stereocenters. The van der Waals surface area contributed by atoms with Crippen LogP contribution in [0.15, 0.2) is 0 Å². The molecular formula is C15H31N3. The van der Waals surface area contributed by atoms with E-state index in [2.05, 4.69) is 43.1 Å². The van der Waals surface area contributed by atoms with Crippen LogP contribution in [0, 0.1) is 5.92 Å². The van der Waals surface area contributed by atoms with Gasteiger partial charge in [-0.15, -0.1) is 0 Å². The van der Waals surface area contributed by atoms with E-state index in [0.717, 1.165) is 24.5 Å². The summed E-state index contributed by atoms with van der Waals surface area (Å²) in [4.78, 5) is 5.08. The third-order valence-corrected chi connectivity index (χ3v) is 4.88. The molecule has 0 saturated carbocycles. The molecule has 0 radical (unpaired) electrons. The highest BCUT2D eigenvalue weighted by atomic mass is 15.2. The quantitative estimate of drug-likeness (QED) is 0.806. The molecular weight excluding hydrogens is 222 g/mol. The molecule has 2 heterocycles. The minimum absolute atomic E-state index is 0.655. The molecule has 106 valence electrons. The van der Waals surface area contributed by atoms with E-state index in [-0.39, 0.29) is 0 Å². The highest BCUT2D eigenvalue weighted by Crippen LogP contribution is 2.27. The van der Waals surface area contributed by atoms with Crippen molar-refractivity contribution in [2.45, 2.75) is 57.7 Å². The maximum atomic E-state index is 3.86. The Balaban J connectivity index is 1.82. The first-order chi connectivity index (χ1) is 8.59. The highest BCUT2D eigenvalue weighted by molar-refractivity contribution is 4.94. The second kappa shape index (κ2) is 6.36. The van der Waals surface area contributed by atoms with Crippen LogP contribution in [-0.4, -0.2) is 61.7 Å². The van der Waals surface area contributed by atoms with Crippen LogP contribution in [0.5, 0.6) is 0 Å². The molecule has 2 aliphatic heterocycles. The summed E-state index contributed by atoms with van der Waals surface area (Å²) < 4.78 is 0. The van der Waals surface area contributed by atoms with E-state index in [1.165, 1.54) is 38.8 Å². The average Bonchev–Trinajstić information content (AvgIpc) is 2.72. The zero-order valence-electron chi connectivity index (χ0n) is 12.7. The fourth-order valence-electron chi connectivity index (χ4n) is 3.77. The minimum atomic E-state index is 0.655. The lowest BCUT2D eigenvalue weighted by molar-refractivity contribution is 0.169. The molecule has 2 rings (SSSR count). The predicted octanol–water partition coefficient (Wildman–Crippen LogP) is 1.79. The molecule has 18 heavy (non-hydrogen) atoms. The number of likely N-dealkylation sites (N-methyl/N-ethyl adjacent to an activating group) is 1. The Morgan fingerprint density at radius 1 is 1.17 bits per heavy atom. The Labute approximate surface area is 113 Å². The number of rotatable bonds is 5. The Bertz CT molecular complexity index is 244. The molecule has 0 amide bonds. The first-order valence-electron chi connectivity index (χ1n) is 7.73. The number of hydrogen-bond donors (Lipinski definition) is 1. The fraction of sp³-hybridized carbons (Fsp3) is 1.00. The maximum Gasteiger partial charge on any atom is 0.0249 e. The first-order valence-corrected chi connectivity index (χ1v) is 7.73. The Hall–Kier alpha value is -0.120. The van der Waals surface area contributed by atoms with Gasteiger partial charge in [0.15, 0.2) is 0 Å². The number of piperidine rings is 1. The Kier molecular flexibility index (Phi) is 5.05. The van der Waals surface area contributed by atoms with Gasteiger partial charge in [-0.1, -0.05) is 20.3 Å². The van der Waals surface area contributed by atoms with E-state index in [1.807, 2.05) is 0 Å². The summed E-state index contributed by atoms with van der Waals surface area (Å²) in [5, 5.41) is 3.86. The third kappa shape index (κ3) is 3.25. The van der Waals surface area contributed by atoms with Crippen LogP contribution in [0.4, 0.5) is 0 Å². The van der Waals surface area contributed by atoms with Gasteiger partial charge in [0.25, 0.3) is 0 Å². The second-order valence-electron chi connectivity index (χ2n) is 6.68. The molecule has 0 aromatic rings. The van der Waals surface area contributed by atoms with Crippen molar-refractivity contribution in [3.05, 3.63) is 0 Å². The van der Waals surface area contributed by atoms with E-state index in [9.17, 15) is 0 Å². The predicted molar refractivity (Wildman–Crippen MR) is 77.9 cm³/mol. The lowest BCUT2D eigenvalue weighted by Gasteiger charge is -2.34. The molecule has 3 nitrogen and oxygen atoms in total. The number of nitrogens with zero attached hydrogens (tertiary/aromatic N) is 2. The lowest BCUT2D eigenvalue weighted by Crippen LogP contribution is -2.49. The summed E-state index contributed by atoms with van der Waals surface area (Å²) in [5.41, 5.74) is 0. The number of fused-ring (bicyclic) bond motifs is 1. The topological polar surface area (TPSA) is 18.5 Å². The van der Waals surface area contributed by atoms with Gasteiger partial charge in [0.2, 0.25) is 0 Å². The number of hydrogen-bond acceptors (Lipinski definition) is 3. The summed E-state index contributed by atoms with van der Waals surface area (Å²) in [6.07, 6.45) is 5.60. The number of nitrogens with one attached hydrogen (secondary N) is 1. The monoisotopic (exact) mass is 253 g/mol. The molecule has 0 aromatic heterocycles. The van der Waals surface area contributed by atoms with E-state index >= 15 is 0 Å². The van der Waals surface area contributed by atoms with Crippen molar-refractivity contribution in [3.8, 4) is 0 Å². The summed E-state index contributed by atoms with van der Waals surface area (Å²) >= 11 is 0. The summed E-state index contributed by atoms with van der Waals surface area (Å²) in [5.74, 6) is 0.719. The van der Waals surface area contributed by atoms with Crippen molar-refractivity contribution in [3.63, 3.8) is 0 Å². The van der Waals surface area contributed by atoms with Gasteiger partial charge in [-0.25, -0.2) is 0 Å². The Morgan fingerprint density at radius 3 is 2.61 bits per heavy atom. The van der Waals surface area contributed by atoms with Gasteiger partial charge < -0.3 is 10.2 Å². The van der Waals surface area contributed by atoms with Gasteiger partial charge >= 0.3 is 0 Å². The van der Waals surface area contributed by atoms with Crippen molar-refractivity contribution < 1.29 is 0 Å². The molecule has 3 atom stereocenters. The molecule has 0 bridgehead atoms. The van der Waals surface area contributed by atoms with E-state index < -0.39 is 0 Å². The SMILES string of the molecule is CC(C)C(CNC1CCN2CCCCC12)N(C)C. The van der Waals surface area contributed by atoms with Gasteiger partial charge in [0.1, 0.15) is 0 Å². The molecule has 2 fully saturated rings. The normalized spacial score (nSPS) is 31.0. The summed E-state index contributed by atoms with van der Waals surface area (Å²) in [6.45, 7) is 8.45. The van der Waals surface area contributed by atoms with E-state index in [0.29, 0.717) is 6.04 Å². The molecule has 2 saturated heterocycles. The van der Waals surface area contributed by atoms with E-state index in [4.69, 9.17) is 0 Å².